The molecule has 78 heavy (non-hydrogen) atoms. The van der Waals surface area contributed by atoms with Gasteiger partial charge in [0.05, 0.1) is 16.8 Å². The minimum absolute atomic E-state index is 0.563. The Bertz CT molecular complexity index is 4620. The average Bonchev–Trinajstić information content (AvgIpc) is 4.34. The first-order valence-corrected chi connectivity index (χ1v) is 28.2. The lowest BCUT2D eigenvalue weighted by Gasteiger charge is -2.42. The second-order valence-electron chi connectivity index (χ2n) is 20.3. The third-order valence-electron chi connectivity index (χ3n) is 16.1. The fraction of sp³-hybridized carbons (Fsp3) is 0.0137. The first-order chi connectivity index (χ1) is 38.7. The molecule has 2 aromatic heterocycles. The van der Waals surface area contributed by atoms with Crippen molar-refractivity contribution in [1.29, 1.82) is 0 Å². The van der Waals surface area contributed by atoms with E-state index >= 15 is 0 Å². The molecule has 0 atom stereocenters. The Hall–Kier alpha value is -9.39. The number of hydrogen-bond donors (Lipinski definition) is 0. The fourth-order valence-electron chi connectivity index (χ4n) is 12.8. The van der Waals surface area contributed by atoms with Crippen molar-refractivity contribution in [3.05, 3.63) is 301 Å². The van der Waals surface area contributed by atoms with E-state index in [2.05, 4.69) is 277 Å². The lowest BCUT2D eigenvalue weighted by Crippen LogP contribution is -2.33. The number of nitrogens with zero attached hydrogens (tertiary/aromatic N) is 2. The van der Waals surface area contributed by atoms with E-state index in [4.69, 9.17) is 4.42 Å². The molecule has 3 heterocycles. The zero-order valence-electron chi connectivity index (χ0n) is 42.2. The van der Waals surface area contributed by atoms with Crippen LogP contribution in [0.15, 0.2) is 293 Å². The van der Waals surface area contributed by atoms with Crippen LogP contribution >= 0.6 is 23.1 Å². The van der Waals surface area contributed by atoms with Crippen molar-refractivity contribution in [3.8, 4) is 33.4 Å². The molecule has 366 valence electrons. The quantitative estimate of drug-likeness (QED) is 0.151. The number of hydrogen-bond acceptors (Lipinski definition) is 5. The summed E-state index contributed by atoms with van der Waals surface area (Å²) in [6.07, 6.45) is 0. The zero-order valence-corrected chi connectivity index (χ0v) is 43.8. The second kappa shape index (κ2) is 17.9. The average molecular weight is 1030 g/mol. The highest BCUT2D eigenvalue weighted by Gasteiger charge is 2.52. The number of rotatable bonds is 8. The molecule has 1 aliphatic carbocycles. The minimum Gasteiger partial charge on any atom is -0.456 e. The first kappa shape index (κ1) is 44.9. The van der Waals surface area contributed by atoms with E-state index in [1.807, 2.05) is 35.2 Å². The van der Waals surface area contributed by atoms with Gasteiger partial charge in [-0.2, -0.15) is 0 Å². The van der Waals surface area contributed by atoms with E-state index in [-0.39, 0.29) is 0 Å². The van der Waals surface area contributed by atoms with Crippen LogP contribution in [-0.2, 0) is 5.41 Å². The van der Waals surface area contributed by atoms with Gasteiger partial charge >= 0.3 is 0 Å². The Balaban J connectivity index is 0.817. The molecule has 0 bridgehead atoms. The Labute approximate surface area is 460 Å². The SMILES string of the molecule is c1ccc(N(c2ccc(-c3cccc(-c4ccc(N(c5cccc6c5C5(c7ccccc7Sc7ccccc75)c5ccccc5-6)c5cccc6sc7ccccc7c56)cc4)c3)cc2)c2ccc3oc4ccccc4c3c2)cc1. The van der Waals surface area contributed by atoms with Crippen molar-refractivity contribution in [2.45, 2.75) is 15.2 Å². The number of furan rings is 1. The molecule has 0 saturated carbocycles. The van der Waals surface area contributed by atoms with Crippen LogP contribution < -0.4 is 9.80 Å². The van der Waals surface area contributed by atoms with Crippen molar-refractivity contribution in [2.24, 2.45) is 0 Å². The highest BCUT2D eigenvalue weighted by atomic mass is 32.2. The fourth-order valence-corrected chi connectivity index (χ4v) is 15.1. The van der Waals surface area contributed by atoms with Gasteiger partial charge in [-0.15, -0.1) is 11.3 Å². The minimum atomic E-state index is -0.563. The van der Waals surface area contributed by atoms with E-state index in [0.717, 1.165) is 72.6 Å². The van der Waals surface area contributed by atoms with Crippen molar-refractivity contribution in [3.63, 3.8) is 0 Å². The van der Waals surface area contributed by atoms with E-state index in [1.165, 1.54) is 69.0 Å². The van der Waals surface area contributed by atoms with Crippen LogP contribution in [0.1, 0.15) is 22.3 Å². The van der Waals surface area contributed by atoms with Crippen molar-refractivity contribution in [1.82, 2.24) is 0 Å². The molecule has 3 nitrogen and oxygen atoms in total. The molecule has 2 aliphatic rings. The topological polar surface area (TPSA) is 19.6 Å². The van der Waals surface area contributed by atoms with Crippen LogP contribution in [0, 0.1) is 0 Å². The van der Waals surface area contributed by atoms with Gasteiger partial charge in [0.15, 0.2) is 0 Å². The lowest BCUT2D eigenvalue weighted by atomic mass is 9.66. The summed E-state index contributed by atoms with van der Waals surface area (Å²) in [5, 5.41) is 4.75. The first-order valence-electron chi connectivity index (χ1n) is 26.6. The van der Waals surface area contributed by atoms with Gasteiger partial charge in [-0.1, -0.05) is 188 Å². The second-order valence-corrected chi connectivity index (χ2v) is 22.5. The summed E-state index contributed by atoms with van der Waals surface area (Å²) in [6.45, 7) is 0. The Morgan fingerprint density at radius 1 is 0.321 bits per heavy atom. The normalized spacial score (nSPS) is 12.9. The number of fused-ring (bicyclic) bond motifs is 15. The molecule has 14 aromatic rings. The molecular formula is C73H46N2OS2. The lowest BCUT2D eigenvalue weighted by molar-refractivity contribution is 0.669. The molecule has 0 amide bonds. The van der Waals surface area contributed by atoms with Crippen molar-refractivity contribution in [2.75, 3.05) is 9.80 Å². The summed E-state index contributed by atoms with van der Waals surface area (Å²) in [6, 6.07) is 103. The predicted octanol–water partition coefficient (Wildman–Crippen LogP) is 21.1. The molecule has 0 unspecified atom stereocenters. The summed E-state index contributed by atoms with van der Waals surface area (Å²) in [5.41, 5.74) is 20.4. The van der Waals surface area contributed by atoms with E-state index < -0.39 is 5.41 Å². The summed E-state index contributed by atoms with van der Waals surface area (Å²) in [4.78, 5) is 7.47. The zero-order chi connectivity index (χ0) is 51.3. The molecule has 0 radical (unpaired) electrons. The molecule has 5 heteroatoms. The van der Waals surface area contributed by atoms with Gasteiger partial charge in [-0.25, -0.2) is 0 Å². The highest BCUT2D eigenvalue weighted by Crippen LogP contribution is 2.65. The molecule has 16 rings (SSSR count). The largest absolute Gasteiger partial charge is 0.456 e. The van der Waals surface area contributed by atoms with Gasteiger partial charge in [-0.3, -0.25) is 0 Å². The number of anilines is 6. The number of para-hydroxylation sites is 2. The maximum Gasteiger partial charge on any atom is 0.135 e. The summed E-state index contributed by atoms with van der Waals surface area (Å²) in [7, 11) is 0. The molecule has 0 fully saturated rings. The van der Waals surface area contributed by atoms with Gasteiger partial charge in [0.25, 0.3) is 0 Å². The maximum atomic E-state index is 6.22. The Kier molecular flexibility index (Phi) is 10.3. The monoisotopic (exact) mass is 1030 g/mol. The maximum absolute atomic E-state index is 6.22. The van der Waals surface area contributed by atoms with Gasteiger partial charge < -0.3 is 14.2 Å². The molecule has 0 N–H and O–H groups in total. The van der Waals surface area contributed by atoms with Crippen LogP contribution in [0.2, 0.25) is 0 Å². The summed E-state index contributed by atoms with van der Waals surface area (Å²) in [5.74, 6) is 0. The third kappa shape index (κ3) is 6.85. The van der Waals surface area contributed by atoms with E-state index in [0.29, 0.717) is 0 Å². The smallest absolute Gasteiger partial charge is 0.135 e. The van der Waals surface area contributed by atoms with Crippen LogP contribution in [0.3, 0.4) is 0 Å². The molecule has 0 saturated heterocycles. The molecule has 1 spiro atoms. The van der Waals surface area contributed by atoms with Gasteiger partial charge in [0, 0.05) is 69.0 Å². The van der Waals surface area contributed by atoms with Crippen LogP contribution in [0.5, 0.6) is 0 Å². The van der Waals surface area contributed by atoms with Crippen LogP contribution in [0.4, 0.5) is 34.1 Å². The van der Waals surface area contributed by atoms with Crippen LogP contribution in [0.25, 0.3) is 75.5 Å². The predicted molar refractivity (Wildman–Crippen MR) is 328 cm³/mol. The van der Waals surface area contributed by atoms with Gasteiger partial charge in [0.2, 0.25) is 0 Å². The van der Waals surface area contributed by atoms with Crippen LogP contribution in [-0.4, -0.2) is 0 Å². The molecular weight excluding hydrogens is 985 g/mol. The molecule has 12 aromatic carbocycles. The Morgan fingerprint density at radius 3 is 1.62 bits per heavy atom. The number of thiophene rings is 1. The van der Waals surface area contributed by atoms with Gasteiger partial charge in [-0.05, 0) is 153 Å². The van der Waals surface area contributed by atoms with Crippen molar-refractivity contribution < 1.29 is 4.42 Å². The van der Waals surface area contributed by atoms with Gasteiger partial charge in [0.1, 0.15) is 11.2 Å². The van der Waals surface area contributed by atoms with E-state index in [1.54, 1.807) is 0 Å². The summed E-state index contributed by atoms with van der Waals surface area (Å²) >= 11 is 3.75. The van der Waals surface area contributed by atoms with E-state index in [9.17, 15) is 0 Å². The van der Waals surface area contributed by atoms with Crippen molar-refractivity contribution >= 4 is 99.3 Å². The Morgan fingerprint density at radius 2 is 0.859 bits per heavy atom. The number of benzene rings is 12. The molecule has 1 aliphatic heterocycles. The highest BCUT2D eigenvalue weighted by molar-refractivity contribution is 7.99. The third-order valence-corrected chi connectivity index (χ3v) is 18.4. The summed E-state index contributed by atoms with van der Waals surface area (Å²) < 4.78 is 8.78. The standard InChI is InChI=1S/C73H46N2OS2/c1-2-19-51(20-3-1)74(54-43-44-66-59(46-54)56-22-5-10-30-65(56)76-66)52-39-35-47(36-40-52)49-17-14-18-50(45-49)48-37-41-53(42-38-48)75(63-28-16-34-70-71(63)58-23-6-11-31-67(58)77-70)64-29-15-24-57-55-21-4-7-25-60(55)73(72(57)64)61-26-8-12-32-68(61)78-69-33-13-9-27-62(69)73/h1-46H.